The van der Waals surface area contributed by atoms with E-state index in [0.29, 0.717) is 22.4 Å². The molecule has 0 aliphatic carbocycles. The maximum Gasteiger partial charge on any atom is 0.309 e. The van der Waals surface area contributed by atoms with Crippen molar-refractivity contribution in [2.24, 2.45) is 7.05 Å². The number of carbonyl (C=O) groups is 1. The lowest BCUT2D eigenvalue weighted by Gasteiger charge is -1.97. The van der Waals surface area contributed by atoms with Gasteiger partial charge in [-0.2, -0.15) is 0 Å². The molecule has 84 valence electrons. The number of carboxylic acids is 1. The summed E-state index contributed by atoms with van der Waals surface area (Å²) < 4.78 is 6.78. The average Bonchev–Trinajstić information content (AvgIpc) is 2.81. The molecule has 1 N–H and O–H groups in total. The molecule has 0 atom stereocenters. The first-order valence-electron chi connectivity index (χ1n) is 4.56. The van der Waals surface area contributed by atoms with Crippen LogP contribution in [-0.4, -0.2) is 20.6 Å². The Labute approximate surface area is 96.3 Å². The van der Waals surface area contributed by atoms with Gasteiger partial charge in [-0.05, 0) is 12.1 Å². The number of hydrogen-bond donors (Lipinski definition) is 1. The van der Waals surface area contributed by atoms with Crippen LogP contribution in [0.4, 0.5) is 0 Å². The number of aromatic nitrogens is 2. The van der Waals surface area contributed by atoms with Gasteiger partial charge in [-0.25, -0.2) is 4.98 Å². The Morgan fingerprint density at radius 1 is 1.69 bits per heavy atom. The van der Waals surface area contributed by atoms with E-state index < -0.39 is 5.97 Å². The van der Waals surface area contributed by atoms with Crippen molar-refractivity contribution in [1.82, 2.24) is 9.55 Å². The number of nitrogens with zero attached hydrogens (tertiary/aromatic N) is 2. The third kappa shape index (κ3) is 1.81. The van der Waals surface area contributed by atoms with Gasteiger partial charge < -0.3 is 14.1 Å². The van der Waals surface area contributed by atoms with Crippen molar-refractivity contribution < 1.29 is 14.3 Å². The summed E-state index contributed by atoms with van der Waals surface area (Å²) in [5, 5.41) is 9.00. The Morgan fingerprint density at radius 2 is 2.44 bits per heavy atom. The molecule has 0 saturated heterocycles. The number of furan rings is 1. The Kier molecular flexibility index (Phi) is 2.70. The standard InChI is InChI=1S/C10H9ClN2O3/c1-13-9(11)6(5-8(14)15)12-10(13)7-3-2-4-16-7/h2-4H,5H2,1H3,(H,14,15). The molecule has 0 aliphatic rings. The largest absolute Gasteiger partial charge is 0.481 e. The summed E-state index contributed by atoms with van der Waals surface area (Å²) in [5.74, 6) is 0.110. The summed E-state index contributed by atoms with van der Waals surface area (Å²) in [6, 6.07) is 3.47. The van der Waals surface area contributed by atoms with Crippen LogP contribution >= 0.6 is 11.6 Å². The number of halogens is 1. The molecular formula is C10H9ClN2O3. The van der Waals surface area contributed by atoms with Crippen molar-refractivity contribution in [3.05, 3.63) is 29.2 Å². The molecule has 0 spiro atoms. The van der Waals surface area contributed by atoms with E-state index in [9.17, 15) is 4.79 Å². The molecule has 0 saturated carbocycles. The number of hydrogen-bond acceptors (Lipinski definition) is 3. The number of imidazole rings is 1. The first-order valence-corrected chi connectivity index (χ1v) is 4.94. The van der Waals surface area contributed by atoms with Crippen LogP contribution in [0.2, 0.25) is 5.15 Å². The van der Waals surface area contributed by atoms with E-state index in [2.05, 4.69) is 4.98 Å². The van der Waals surface area contributed by atoms with Gasteiger partial charge in [0.15, 0.2) is 11.6 Å². The molecule has 16 heavy (non-hydrogen) atoms. The van der Waals surface area contributed by atoms with E-state index in [4.69, 9.17) is 21.1 Å². The van der Waals surface area contributed by atoms with Gasteiger partial charge >= 0.3 is 5.97 Å². The van der Waals surface area contributed by atoms with Crippen LogP contribution in [0.25, 0.3) is 11.6 Å². The highest BCUT2D eigenvalue weighted by Gasteiger charge is 2.17. The lowest BCUT2D eigenvalue weighted by atomic mass is 10.3. The maximum atomic E-state index is 10.6. The second kappa shape index (κ2) is 4.02. The van der Waals surface area contributed by atoms with Crippen LogP contribution in [-0.2, 0) is 18.3 Å². The molecule has 2 rings (SSSR count). The van der Waals surface area contributed by atoms with Crippen LogP contribution in [0.1, 0.15) is 5.69 Å². The van der Waals surface area contributed by atoms with E-state index in [1.807, 2.05) is 0 Å². The highest BCUT2D eigenvalue weighted by atomic mass is 35.5. The van der Waals surface area contributed by atoms with Crippen LogP contribution in [0.5, 0.6) is 0 Å². The monoisotopic (exact) mass is 240 g/mol. The first-order chi connectivity index (χ1) is 7.59. The maximum absolute atomic E-state index is 10.6. The number of aliphatic carboxylic acids is 1. The Hall–Kier alpha value is -1.75. The molecule has 0 bridgehead atoms. The van der Waals surface area contributed by atoms with Gasteiger partial charge in [0, 0.05) is 7.05 Å². The lowest BCUT2D eigenvalue weighted by Crippen LogP contribution is -2.01. The summed E-state index contributed by atoms with van der Waals surface area (Å²) in [4.78, 5) is 14.7. The van der Waals surface area contributed by atoms with Crippen molar-refractivity contribution in [3.63, 3.8) is 0 Å². The van der Waals surface area contributed by atoms with Crippen molar-refractivity contribution in [2.75, 3.05) is 0 Å². The van der Waals surface area contributed by atoms with Crippen LogP contribution in [0.3, 0.4) is 0 Å². The summed E-state index contributed by atoms with van der Waals surface area (Å²) >= 11 is 5.97. The summed E-state index contributed by atoms with van der Waals surface area (Å²) in [6.07, 6.45) is 1.32. The molecule has 2 aromatic rings. The molecule has 2 heterocycles. The second-order valence-electron chi connectivity index (χ2n) is 3.28. The van der Waals surface area contributed by atoms with Gasteiger partial charge in [-0.15, -0.1) is 0 Å². The van der Waals surface area contributed by atoms with Gasteiger partial charge in [0.25, 0.3) is 0 Å². The van der Waals surface area contributed by atoms with Gasteiger partial charge in [0.05, 0.1) is 18.4 Å². The van der Waals surface area contributed by atoms with Crippen LogP contribution < -0.4 is 0 Å². The van der Waals surface area contributed by atoms with Crippen molar-refractivity contribution in [1.29, 1.82) is 0 Å². The lowest BCUT2D eigenvalue weighted by molar-refractivity contribution is -0.136. The summed E-state index contributed by atoms with van der Waals surface area (Å²) in [7, 11) is 1.71. The van der Waals surface area contributed by atoms with Gasteiger partial charge in [0.2, 0.25) is 0 Å². The molecule has 0 unspecified atom stereocenters. The third-order valence-corrected chi connectivity index (χ3v) is 2.62. The van der Waals surface area contributed by atoms with E-state index in [1.165, 1.54) is 6.26 Å². The van der Waals surface area contributed by atoms with E-state index >= 15 is 0 Å². The van der Waals surface area contributed by atoms with Crippen molar-refractivity contribution >= 4 is 17.6 Å². The fraction of sp³-hybridized carbons (Fsp3) is 0.200. The first kappa shape index (κ1) is 10.8. The van der Waals surface area contributed by atoms with Gasteiger partial charge in [-0.1, -0.05) is 11.6 Å². The van der Waals surface area contributed by atoms with Crippen LogP contribution in [0.15, 0.2) is 22.8 Å². The SMILES string of the molecule is Cn1c(-c2ccco2)nc(CC(=O)O)c1Cl. The number of carboxylic acid groups (broad SMARTS) is 1. The van der Waals surface area contributed by atoms with E-state index in [-0.39, 0.29) is 6.42 Å². The fourth-order valence-electron chi connectivity index (χ4n) is 1.42. The Balaban J connectivity index is 2.45. The molecule has 0 fully saturated rings. The predicted octanol–water partition coefficient (Wildman–Crippen LogP) is 1.96. The molecule has 0 radical (unpaired) electrons. The summed E-state index contributed by atoms with van der Waals surface area (Å²) in [6.45, 7) is 0. The number of rotatable bonds is 3. The highest BCUT2D eigenvalue weighted by Crippen LogP contribution is 2.25. The molecule has 0 aromatic carbocycles. The molecule has 0 amide bonds. The molecular weight excluding hydrogens is 232 g/mol. The zero-order chi connectivity index (χ0) is 11.7. The van der Waals surface area contributed by atoms with Gasteiger partial charge in [0.1, 0.15) is 5.15 Å². The molecule has 2 aromatic heterocycles. The van der Waals surface area contributed by atoms with Gasteiger partial charge in [-0.3, -0.25) is 4.79 Å². The highest BCUT2D eigenvalue weighted by molar-refractivity contribution is 6.30. The quantitative estimate of drug-likeness (QED) is 0.891. The second-order valence-corrected chi connectivity index (χ2v) is 3.64. The van der Waals surface area contributed by atoms with Crippen LogP contribution in [0, 0.1) is 0 Å². The van der Waals surface area contributed by atoms with E-state index in [0.717, 1.165) is 0 Å². The Bertz CT molecular complexity index is 516. The minimum atomic E-state index is -0.967. The zero-order valence-corrected chi connectivity index (χ0v) is 9.23. The van der Waals surface area contributed by atoms with E-state index in [1.54, 1.807) is 23.7 Å². The normalized spacial score (nSPS) is 10.6. The molecule has 0 aliphatic heterocycles. The predicted molar refractivity (Wildman–Crippen MR) is 57.3 cm³/mol. The zero-order valence-electron chi connectivity index (χ0n) is 8.48. The smallest absolute Gasteiger partial charge is 0.309 e. The minimum Gasteiger partial charge on any atom is -0.481 e. The van der Waals surface area contributed by atoms with Crippen molar-refractivity contribution in [2.45, 2.75) is 6.42 Å². The topological polar surface area (TPSA) is 68.3 Å². The Morgan fingerprint density at radius 3 is 3.00 bits per heavy atom. The molecule has 5 nitrogen and oxygen atoms in total. The summed E-state index contributed by atoms with van der Waals surface area (Å²) in [5.41, 5.74) is 0.336. The molecule has 6 heteroatoms. The van der Waals surface area contributed by atoms with Crippen molar-refractivity contribution in [3.8, 4) is 11.6 Å². The third-order valence-electron chi connectivity index (χ3n) is 2.15. The minimum absolute atomic E-state index is 0.201. The average molecular weight is 241 g/mol. The fourth-order valence-corrected chi connectivity index (χ4v) is 1.61.